The average molecular weight is 446 g/mol. The number of nitrogens with zero attached hydrogens (tertiary/aromatic N) is 4. The van der Waals surface area contributed by atoms with Crippen molar-refractivity contribution in [2.75, 3.05) is 18.2 Å². The number of aromatic nitrogens is 5. The van der Waals surface area contributed by atoms with Crippen LogP contribution in [0, 0.1) is 0 Å². The Morgan fingerprint density at radius 3 is 2.84 bits per heavy atom. The second kappa shape index (κ2) is 8.60. The van der Waals surface area contributed by atoms with Gasteiger partial charge in [0.05, 0.1) is 36.5 Å². The highest BCUT2D eigenvalue weighted by Gasteiger charge is 2.19. The lowest BCUT2D eigenvalue weighted by molar-refractivity contribution is -0.113. The largest absolute Gasteiger partial charge is 0.497 e. The summed E-state index contributed by atoms with van der Waals surface area (Å²) < 4.78 is 12.6. The molecule has 0 unspecified atom stereocenters. The Labute approximate surface area is 186 Å². The average Bonchev–Trinajstić information content (AvgIpc) is 3.58. The zero-order valence-electron chi connectivity index (χ0n) is 17.0. The van der Waals surface area contributed by atoms with Crippen LogP contribution in [0.5, 0.6) is 5.75 Å². The molecule has 0 atom stereocenters. The molecule has 1 amide bonds. The summed E-state index contributed by atoms with van der Waals surface area (Å²) in [4.78, 5) is 12.6. The molecule has 3 aromatic heterocycles. The molecule has 5 rings (SSSR count). The second-order valence-corrected chi connectivity index (χ2v) is 7.77. The summed E-state index contributed by atoms with van der Waals surface area (Å²) in [6.45, 7) is 0. The SMILES string of the molecule is COc1ccc(-n2c(SCC(=O)Nc3ccc4cn[nH]c4c3)nnc2-c2ccco2)cc1. The van der Waals surface area contributed by atoms with E-state index >= 15 is 0 Å². The van der Waals surface area contributed by atoms with E-state index in [0.29, 0.717) is 22.4 Å². The quantitative estimate of drug-likeness (QED) is 0.361. The summed E-state index contributed by atoms with van der Waals surface area (Å²) >= 11 is 1.29. The third kappa shape index (κ3) is 3.95. The fourth-order valence-electron chi connectivity index (χ4n) is 3.23. The van der Waals surface area contributed by atoms with Crippen LogP contribution in [0.25, 0.3) is 28.2 Å². The van der Waals surface area contributed by atoms with E-state index in [-0.39, 0.29) is 11.7 Å². The van der Waals surface area contributed by atoms with Crippen molar-refractivity contribution in [3.8, 4) is 23.0 Å². The molecule has 0 aliphatic rings. The number of hydrogen-bond acceptors (Lipinski definition) is 7. The second-order valence-electron chi connectivity index (χ2n) is 6.83. The van der Waals surface area contributed by atoms with Crippen molar-refractivity contribution in [3.05, 3.63) is 67.1 Å². The number of fused-ring (bicyclic) bond motifs is 1. The van der Waals surface area contributed by atoms with E-state index in [1.165, 1.54) is 11.8 Å². The number of methoxy groups -OCH3 is 1. The lowest BCUT2D eigenvalue weighted by Gasteiger charge is -2.10. The molecule has 0 fully saturated rings. The van der Waals surface area contributed by atoms with Crippen molar-refractivity contribution in [3.63, 3.8) is 0 Å². The first-order valence-electron chi connectivity index (χ1n) is 9.71. The van der Waals surface area contributed by atoms with Crippen LogP contribution in [0.15, 0.2) is 76.6 Å². The monoisotopic (exact) mass is 446 g/mol. The van der Waals surface area contributed by atoms with Crippen molar-refractivity contribution in [2.45, 2.75) is 5.16 Å². The molecule has 0 saturated heterocycles. The van der Waals surface area contributed by atoms with Crippen LogP contribution in [-0.4, -0.2) is 43.7 Å². The molecular formula is C22H18N6O3S. The Morgan fingerprint density at radius 1 is 1.19 bits per heavy atom. The van der Waals surface area contributed by atoms with Gasteiger partial charge in [0.15, 0.2) is 10.9 Å². The fourth-order valence-corrected chi connectivity index (χ4v) is 3.99. The van der Waals surface area contributed by atoms with E-state index < -0.39 is 0 Å². The molecule has 0 radical (unpaired) electrons. The van der Waals surface area contributed by atoms with Crippen LogP contribution < -0.4 is 10.1 Å². The normalized spacial score (nSPS) is 11.0. The molecule has 2 aromatic carbocycles. The van der Waals surface area contributed by atoms with Crippen LogP contribution in [0.1, 0.15) is 0 Å². The maximum atomic E-state index is 12.6. The van der Waals surface area contributed by atoms with Gasteiger partial charge in [-0.3, -0.25) is 14.5 Å². The zero-order chi connectivity index (χ0) is 21.9. The van der Waals surface area contributed by atoms with Crippen molar-refractivity contribution < 1.29 is 13.9 Å². The van der Waals surface area contributed by atoms with Crippen LogP contribution in [0.2, 0.25) is 0 Å². The summed E-state index contributed by atoms with van der Waals surface area (Å²) in [5, 5.41) is 19.9. The molecule has 160 valence electrons. The van der Waals surface area contributed by atoms with Gasteiger partial charge < -0.3 is 14.5 Å². The van der Waals surface area contributed by atoms with Crippen molar-refractivity contribution in [2.24, 2.45) is 0 Å². The van der Waals surface area contributed by atoms with E-state index in [4.69, 9.17) is 9.15 Å². The summed E-state index contributed by atoms with van der Waals surface area (Å²) in [5.74, 6) is 1.88. The number of nitrogens with one attached hydrogen (secondary N) is 2. The van der Waals surface area contributed by atoms with Gasteiger partial charge in [-0.1, -0.05) is 11.8 Å². The third-order valence-electron chi connectivity index (χ3n) is 4.76. The molecule has 32 heavy (non-hydrogen) atoms. The van der Waals surface area contributed by atoms with Crippen molar-refractivity contribution in [1.29, 1.82) is 0 Å². The number of rotatable bonds is 7. The predicted molar refractivity (Wildman–Crippen MR) is 121 cm³/mol. The maximum absolute atomic E-state index is 12.6. The zero-order valence-corrected chi connectivity index (χ0v) is 17.8. The fraction of sp³-hybridized carbons (Fsp3) is 0.0909. The highest BCUT2D eigenvalue weighted by molar-refractivity contribution is 7.99. The van der Waals surface area contributed by atoms with Crippen LogP contribution in [0.4, 0.5) is 5.69 Å². The Morgan fingerprint density at radius 2 is 2.06 bits per heavy atom. The van der Waals surface area contributed by atoms with Crippen molar-refractivity contribution >= 4 is 34.3 Å². The summed E-state index contributed by atoms with van der Waals surface area (Å²) in [7, 11) is 1.62. The molecular weight excluding hydrogens is 428 g/mol. The maximum Gasteiger partial charge on any atom is 0.234 e. The lowest BCUT2D eigenvalue weighted by atomic mass is 10.2. The van der Waals surface area contributed by atoms with Gasteiger partial charge in [0.1, 0.15) is 5.75 Å². The van der Waals surface area contributed by atoms with E-state index in [2.05, 4.69) is 25.7 Å². The topological polar surface area (TPSA) is 111 Å². The minimum absolute atomic E-state index is 0.155. The molecule has 10 heteroatoms. The minimum atomic E-state index is -0.155. The van der Waals surface area contributed by atoms with Gasteiger partial charge in [0, 0.05) is 11.1 Å². The molecule has 0 aliphatic carbocycles. The molecule has 9 nitrogen and oxygen atoms in total. The molecule has 0 bridgehead atoms. The first-order chi connectivity index (χ1) is 15.7. The number of thioether (sulfide) groups is 1. The van der Waals surface area contributed by atoms with Gasteiger partial charge in [0.2, 0.25) is 11.7 Å². The Bertz CT molecular complexity index is 1360. The van der Waals surface area contributed by atoms with Gasteiger partial charge in [-0.15, -0.1) is 10.2 Å². The Balaban J connectivity index is 1.37. The Kier molecular flexibility index (Phi) is 5.34. The van der Waals surface area contributed by atoms with Gasteiger partial charge in [-0.25, -0.2) is 0 Å². The first-order valence-corrected chi connectivity index (χ1v) is 10.7. The number of hydrogen-bond donors (Lipinski definition) is 2. The number of H-pyrrole nitrogens is 1. The molecule has 0 aliphatic heterocycles. The number of carbonyl (C=O) groups is 1. The number of anilines is 1. The number of amides is 1. The van der Waals surface area contributed by atoms with Crippen molar-refractivity contribution in [1.82, 2.24) is 25.0 Å². The molecule has 0 spiro atoms. The molecule has 5 aromatic rings. The molecule has 2 N–H and O–H groups in total. The summed E-state index contributed by atoms with van der Waals surface area (Å²) in [6.07, 6.45) is 3.32. The minimum Gasteiger partial charge on any atom is -0.497 e. The summed E-state index contributed by atoms with van der Waals surface area (Å²) in [6, 6.07) is 16.7. The molecule has 0 saturated carbocycles. The van der Waals surface area contributed by atoms with Gasteiger partial charge in [0.25, 0.3) is 0 Å². The van der Waals surface area contributed by atoms with E-state index in [0.717, 1.165) is 22.3 Å². The smallest absolute Gasteiger partial charge is 0.234 e. The number of benzene rings is 2. The molecule has 3 heterocycles. The number of aromatic amines is 1. The third-order valence-corrected chi connectivity index (χ3v) is 5.69. The lowest BCUT2D eigenvalue weighted by Crippen LogP contribution is -2.14. The van der Waals surface area contributed by atoms with E-state index in [9.17, 15) is 4.79 Å². The number of carbonyl (C=O) groups excluding carboxylic acids is 1. The first kappa shape index (κ1) is 19.9. The van der Waals surface area contributed by atoms with E-state index in [1.54, 1.807) is 25.6 Å². The van der Waals surface area contributed by atoms with Crippen LogP contribution >= 0.6 is 11.8 Å². The summed E-state index contributed by atoms with van der Waals surface area (Å²) in [5.41, 5.74) is 2.38. The highest BCUT2D eigenvalue weighted by atomic mass is 32.2. The Hall–Kier alpha value is -4.05. The van der Waals surface area contributed by atoms with Gasteiger partial charge in [-0.2, -0.15) is 5.10 Å². The van der Waals surface area contributed by atoms with Gasteiger partial charge in [-0.05, 0) is 54.6 Å². The van der Waals surface area contributed by atoms with Crippen LogP contribution in [-0.2, 0) is 4.79 Å². The predicted octanol–water partition coefficient (Wildman–Crippen LogP) is 4.14. The van der Waals surface area contributed by atoms with Crippen LogP contribution in [0.3, 0.4) is 0 Å². The van der Waals surface area contributed by atoms with Gasteiger partial charge >= 0.3 is 0 Å². The van der Waals surface area contributed by atoms with E-state index in [1.807, 2.05) is 53.1 Å². The highest BCUT2D eigenvalue weighted by Crippen LogP contribution is 2.29. The number of furan rings is 1. The standard InChI is InChI=1S/C22H18N6O3S/c1-30-17-8-6-16(7-9-17)28-21(19-3-2-10-31-19)26-27-22(28)32-13-20(29)24-15-5-4-14-12-23-25-18(14)11-15/h2-12H,13H2,1H3,(H,23,25)(H,24,29). The number of ether oxygens (including phenoxy) is 1.